The molecule has 1 aromatic heterocycles. The molecule has 1 aliphatic rings. The first-order valence-corrected chi connectivity index (χ1v) is 7.86. The standard InChI is InChI=1S/C16H20F3N3O3/c1-25-10-13(23)22-7-4-11(5-8-22)15(24)21-14(16(17,18)19)12-3-2-6-20-9-12/h2-3,6,9,11,14H,4-5,7-8,10H2,1H3,(H,21,24)/t14-/m0/s1. The number of amides is 2. The van der Waals surface area contributed by atoms with Gasteiger partial charge in [-0.1, -0.05) is 6.07 Å². The summed E-state index contributed by atoms with van der Waals surface area (Å²) in [5.74, 6) is -1.41. The zero-order valence-electron chi connectivity index (χ0n) is 13.8. The van der Waals surface area contributed by atoms with Gasteiger partial charge in [0.15, 0.2) is 6.04 Å². The van der Waals surface area contributed by atoms with E-state index in [0.717, 1.165) is 6.20 Å². The van der Waals surface area contributed by atoms with Crippen LogP contribution in [0, 0.1) is 5.92 Å². The molecule has 25 heavy (non-hydrogen) atoms. The van der Waals surface area contributed by atoms with Gasteiger partial charge in [0.1, 0.15) is 6.61 Å². The Morgan fingerprint density at radius 2 is 2.08 bits per heavy atom. The summed E-state index contributed by atoms with van der Waals surface area (Å²) in [4.78, 5) is 29.2. The summed E-state index contributed by atoms with van der Waals surface area (Å²) in [5.41, 5.74) is -0.115. The van der Waals surface area contributed by atoms with Crippen LogP contribution in [0.25, 0.3) is 0 Å². The third-order valence-corrected chi connectivity index (χ3v) is 4.12. The third-order valence-electron chi connectivity index (χ3n) is 4.12. The molecule has 1 fully saturated rings. The van der Waals surface area contributed by atoms with E-state index < -0.39 is 24.0 Å². The molecule has 0 saturated carbocycles. The van der Waals surface area contributed by atoms with Gasteiger partial charge in [-0.15, -0.1) is 0 Å². The zero-order valence-corrected chi connectivity index (χ0v) is 13.8. The van der Waals surface area contributed by atoms with Crippen molar-refractivity contribution in [1.82, 2.24) is 15.2 Å². The molecular weight excluding hydrogens is 339 g/mol. The number of piperidine rings is 1. The van der Waals surface area contributed by atoms with Crippen LogP contribution >= 0.6 is 0 Å². The fraction of sp³-hybridized carbons (Fsp3) is 0.562. The quantitative estimate of drug-likeness (QED) is 0.868. The van der Waals surface area contributed by atoms with Crippen LogP contribution in [0.4, 0.5) is 13.2 Å². The molecule has 1 aliphatic heterocycles. The van der Waals surface area contributed by atoms with Gasteiger partial charge in [0, 0.05) is 44.1 Å². The minimum absolute atomic E-state index is 0.0476. The molecule has 138 valence electrons. The highest BCUT2D eigenvalue weighted by atomic mass is 19.4. The van der Waals surface area contributed by atoms with Crippen LogP contribution in [-0.2, 0) is 14.3 Å². The van der Waals surface area contributed by atoms with Gasteiger partial charge in [0.25, 0.3) is 0 Å². The minimum atomic E-state index is -4.62. The van der Waals surface area contributed by atoms with Crippen LogP contribution in [0.15, 0.2) is 24.5 Å². The van der Waals surface area contributed by atoms with E-state index in [2.05, 4.69) is 10.3 Å². The second-order valence-corrected chi connectivity index (χ2v) is 5.86. The van der Waals surface area contributed by atoms with Crippen molar-refractivity contribution in [2.45, 2.75) is 25.1 Å². The minimum Gasteiger partial charge on any atom is -0.375 e. The van der Waals surface area contributed by atoms with Crippen LogP contribution in [0.5, 0.6) is 0 Å². The van der Waals surface area contributed by atoms with Crippen molar-refractivity contribution in [3.8, 4) is 0 Å². The number of alkyl halides is 3. The lowest BCUT2D eigenvalue weighted by atomic mass is 9.95. The molecule has 1 saturated heterocycles. The molecule has 0 aliphatic carbocycles. The summed E-state index contributed by atoms with van der Waals surface area (Å²) >= 11 is 0. The first kappa shape index (κ1) is 19.2. The van der Waals surface area contributed by atoms with Crippen LogP contribution in [0.3, 0.4) is 0 Å². The van der Waals surface area contributed by atoms with Gasteiger partial charge >= 0.3 is 6.18 Å². The van der Waals surface area contributed by atoms with Gasteiger partial charge in [0.2, 0.25) is 11.8 Å². The van der Waals surface area contributed by atoms with Crippen molar-refractivity contribution in [2.75, 3.05) is 26.8 Å². The molecule has 0 radical (unpaired) electrons. The molecule has 1 aromatic rings. The Morgan fingerprint density at radius 3 is 2.60 bits per heavy atom. The Balaban J connectivity index is 1.97. The lowest BCUT2D eigenvalue weighted by molar-refractivity contribution is -0.165. The molecule has 2 heterocycles. The van der Waals surface area contributed by atoms with E-state index in [4.69, 9.17) is 4.74 Å². The number of nitrogens with one attached hydrogen (secondary N) is 1. The Hall–Kier alpha value is -2.16. The summed E-state index contributed by atoms with van der Waals surface area (Å²) in [6, 6.07) is 0.569. The van der Waals surface area contributed by atoms with Crippen molar-refractivity contribution in [2.24, 2.45) is 5.92 Å². The number of carbonyl (C=O) groups excluding carboxylic acids is 2. The summed E-state index contributed by atoms with van der Waals surface area (Å²) in [6.45, 7) is 0.599. The summed E-state index contributed by atoms with van der Waals surface area (Å²) in [6.07, 6.45) is -1.53. The highest BCUT2D eigenvalue weighted by Gasteiger charge is 2.43. The van der Waals surface area contributed by atoms with E-state index in [9.17, 15) is 22.8 Å². The zero-order chi connectivity index (χ0) is 18.4. The average Bonchev–Trinajstić information content (AvgIpc) is 2.59. The number of carbonyl (C=O) groups is 2. The molecular formula is C16H20F3N3O3. The molecule has 0 unspecified atom stereocenters. The third kappa shape index (κ3) is 5.15. The first-order chi connectivity index (χ1) is 11.8. The Morgan fingerprint density at radius 1 is 1.40 bits per heavy atom. The molecule has 2 rings (SSSR count). The van der Waals surface area contributed by atoms with Crippen molar-refractivity contribution in [1.29, 1.82) is 0 Å². The van der Waals surface area contributed by atoms with Crippen molar-refractivity contribution in [3.63, 3.8) is 0 Å². The SMILES string of the molecule is COCC(=O)N1CCC(C(=O)N[C@@H](c2cccnc2)C(F)(F)F)CC1. The van der Waals surface area contributed by atoms with Crippen LogP contribution < -0.4 is 5.32 Å². The van der Waals surface area contributed by atoms with E-state index in [0.29, 0.717) is 25.9 Å². The Labute approximate surface area is 143 Å². The molecule has 0 aromatic carbocycles. The average molecular weight is 359 g/mol. The van der Waals surface area contributed by atoms with Gasteiger partial charge in [-0.2, -0.15) is 13.2 Å². The van der Waals surface area contributed by atoms with Crippen LogP contribution in [0.2, 0.25) is 0 Å². The van der Waals surface area contributed by atoms with E-state index in [1.165, 1.54) is 25.4 Å². The Kier molecular flexibility index (Phi) is 6.35. The lowest BCUT2D eigenvalue weighted by Gasteiger charge is -2.32. The maximum atomic E-state index is 13.3. The van der Waals surface area contributed by atoms with E-state index >= 15 is 0 Å². The number of ether oxygens (including phenoxy) is 1. The van der Waals surface area contributed by atoms with Crippen LogP contribution in [-0.4, -0.2) is 54.7 Å². The molecule has 9 heteroatoms. The van der Waals surface area contributed by atoms with Crippen molar-refractivity contribution >= 4 is 11.8 Å². The molecule has 0 spiro atoms. The maximum absolute atomic E-state index is 13.3. The molecule has 0 bridgehead atoms. The molecule has 6 nitrogen and oxygen atoms in total. The van der Waals surface area contributed by atoms with Crippen molar-refractivity contribution < 1.29 is 27.5 Å². The number of aromatic nitrogens is 1. The fourth-order valence-corrected chi connectivity index (χ4v) is 2.77. The predicted octanol–water partition coefficient (Wildman–Crippen LogP) is 1.69. The predicted molar refractivity (Wildman–Crippen MR) is 82.4 cm³/mol. The second kappa shape index (κ2) is 8.28. The number of rotatable bonds is 5. The largest absolute Gasteiger partial charge is 0.412 e. The number of nitrogens with zero attached hydrogens (tertiary/aromatic N) is 2. The topological polar surface area (TPSA) is 71.5 Å². The van der Waals surface area contributed by atoms with Gasteiger partial charge in [-0.3, -0.25) is 14.6 Å². The smallest absolute Gasteiger partial charge is 0.375 e. The van der Waals surface area contributed by atoms with Gasteiger partial charge < -0.3 is 15.0 Å². The fourth-order valence-electron chi connectivity index (χ4n) is 2.77. The second-order valence-electron chi connectivity index (χ2n) is 5.86. The maximum Gasteiger partial charge on any atom is 0.412 e. The molecule has 1 N–H and O–H groups in total. The lowest BCUT2D eigenvalue weighted by Crippen LogP contribution is -2.46. The number of methoxy groups -OCH3 is 1. The number of hydrogen-bond donors (Lipinski definition) is 1. The molecule has 1 atom stereocenters. The number of hydrogen-bond acceptors (Lipinski definition) is 4. The first-order valence-electron chi connectivity index (χ1n) is 7.86. The number of likely N-dealkylation sites (tertiary alicyclic amines) is 1. The summed E-state index contributed by atoms with van der Waals surface area (Å²) in [5, 5.41) is 2.08. The van der Waals surface area contributed by atoms with E-state index in [-0.39, 0.29) is 18.1 Å². The summed E-state index contributed by atoms with van der Waals surface area (Å²) in [7, 11) is 1.41. The van der Waals surface area contributed by atoms with Gasteiger partial charge in [0.05, 0.1) is 0 Å². The van der Waals surface area contributed by atoms with Gasteiger partial charge in [-0.25, -0.2) is 0 Å². The van der Waals surface area contributed by atoms with E-state index in [1.54, 1.807) is 4.90 Å². The van der Waals surface area contributed by atoms with Crippen LogP contribution in [0.1, 0.15) is 24.4 Å². The van der Waals surface area contributed by atoms with Crippen molar-refractivity contribution in [3.05, 3.63) is 30.1 Å². The molecule has 2 amide bonds. The highest BCUT2D eigenvalue weighted by molar-refractivity contribution is 5.80. The number of halogens is 3. The Bertz CT molecular complexity index is 587. The van der Waals surface area contributed by atoms with E-state index in [1.807, 2.05) is 0 Å². The van der Waals surface area contributed by atoms with Gasteiger partial charge in [-0.05, 0) is 18.9 Å². The monoisotopic (exact) mass is 359 g/mol. The summed E-state index contributed by atoms with van der Waals surface area (Å²) < 4.78 is 44.6. The normalized spacial score (nSPS) is 17.2. The highest BCUT2D eigenvalue weighted by Crippen LogP contribution is 2.33. The number of pyridine rings is 1.